The number of aryl methyl sites for hydroxylation is 1. The van der Waals surface area contributed by atoms with Crippen LogP contribution in [0.2, 0.25) is 0 Å². The molecule has 1 aromatic carbocycles. The summed E-state index contributed by atoms with van der Waals surface area (Å²) < 4.78 is 40.3. The Morgan fingerprint density at radius 1 is 1.05 bits per heavy atom. The minimum absolute atomic E-state index is 0.240. The average molecular weight is 295 g/mol. The fraction of sp³-hybridized carbons (Fsp3) is 0.467. The van der Waals surface area contributed by atoms with E-state index in [0.717, 1.165) is 15.7 Å². The lowest BCUT2D eigenvalue weighted by molar-refractivity contribution is -0.146. The average Bonchev–Trinajstić information content (AvgIpc) is 3.15. The summed E-state index contributed by atoms with van der Waals surface area (Å²) in [5, 5.41) is 6.89. The number of rotatable bonds is 2. The zero-order chi connectivity index (χ0) is 15.4. The highest BCUT2D eigenvalue weighted by Gasteiger charge is 2.39. The standard InChI is InChI=1S/C15H16F3N3/c1-8-9(2)13(7-6-12(8)11-4-5-11)21-10(3)19-20-14(21)15(16,17)18/h6-7,11H,4-5H2,1-3H3. The number of aromatic nitrogens is 3. The van der Waals surface area contributed by atoms with Crippen molar-refractivity contribution < 1.29 is 13.2 Å². The van der Waals surface area contributed by atoms with Gasteiger partial charge in [-0.25, -0.2) is 0 Å². The summed E-state index contributed by atoms with van der Waals surface area (Å²) in [4.78, 5) is 0. The van der Waals surface area contributed by atoms with Crippen LogP contribution in [0.5, 0.6) is 0 Å². The molecule has 6 heteroatoms. The third-order valence-corrected chi connectivity index (χ3v) is 4.14. The lowest BCUT2D eigenvalue weighted by atomic mass is 9.98. The van der Waals surface area contributed by atoms with Gasteiger partial charge in [0.15, 0.2) is 0 Å². The summed E-state index contributed by atoms with van der Waals surface area (Å²) in [6.07, 6.45) is -2.19. The number of hydrogen-bond acceptors (Lipinski definition) is 2. The zero-order valence-electron chi connectivity index (χ0n) is 12.1. The minimum atomic E-state index is -4.52. The Hall–Kier alpha value is -1.85. The molecule has 0 bridgehead atoms. The van der Waals surface area contributed by atoms with Crippen LogP contribution >= 0.6 is 0 Å². The molecule has 3 nitrogen and oxygen atoms in total. The number of halogens is 3. The summed E-state index contributed by atoms with van der Waals surface area (Å²) in [6.45, 7) is 5.36. The summed E-state index contributed by atoms with van der Waals surface area (Å²) in [5.74, 6) is -0.160. The Labute approximate surface area is 120 Å². The number of hydrogen-bond donors (Lipinski definition) is 0. The lowest BCUT2D eigenvalue weighted by Crippen LogP contribution is -2.15. The molecule has 0 radical (unpaired) electrons. The Kier molecular flexibility index (Phi) is 3.07. The Bertz CT molecular complexity index is 697. The minimum Gasteiger partial charge on any atom is -0.275 e. The summed E-state index contributed by atoms with van der Waals surface area (Å²) in [7, 11) is 0. The molecule has 0 saturated heterocycles. The Balaban J connectivity index is 2.18. The molecule has 1 aliphatic carbocycles. The van der Waals surface area contributed by atoms with Crippen LogP contribution in [0, 0.1) is 20.8 Å². The normalized spacial score (nSPS) is 15.5. The molecule has 0 aliphatic heterocycles. The van der Waals surface area contributed by atoms with Crippen LogP contribution in [-0.4, -0.2) is 14.8 Å². The van der Waals surface area contributed by atoms with Gasteiger partial charge in [-0.05, 0) is 62.3 Å². The first-order valence-electron chi connectivity index (χ1n) is 6.90. The van der Waals surface area contributed by atoms with E-state index in [2.05, 4.69) is 10.2 Å². The van der Waals surface area contributed by atoms with Gasteiger partial charge < -0.3 is 0 Å². The van der Waals surface area contributed by atoms with E-state index in [0.29, 0.717) is 11.6 Å². The van der Waals surface area contributed by atoms with Gasteiger partial charge in [-0.15, -0.1) is 10.2 Å². The highest BCUT2D eigenvalue weighted by Crippen LogP contribution is 2.43. The maximum absolute atomic E-state index is 13.1. The second-order valence-corrected chi connectivity index (χ2v) is 5.60. The van der Waals surface area contributed by atoms with E-state index in [9.17, 15) is 13.2 Å². The lowest BCUT2D eigenvalue weighted by Gasteiger charge is -2.17. The van der Waals surface area contributed by atoms with Gasteiger partial charge in [0, 0.05) is 0 Å². The van der Waals surface area contributed by atoms with Gasteiger partial charge in [0.2, 0.25) is 5.82 Å². The summed E-state index contributed by atoms with van der Waals surface area (Å²) in [5.41, 5.74) is 3.67. The van der Waals surface area contributed by atoms with E-state index in [4.69, 9.17) is 0 Å². The van der Waals surface area contributed by atoms with Gasteiger partial charge in [-0.2, -0.15) is 13.2 Å². The SMILES string of the molecule is Cc1c(C2CC2)ccc(-n2c(C)nnc2C(F)(F)F)c1C. The van der Waals surface area contributed by atoms with Crippen molar-refractivity contribution >= 4 is 0 Å². The fourth-order valence-electron chi connectivity index (χ4n) is 2.74. The molecule has 3 rings (SSSR count). The van der Waals surface area contributed by atoms with Crippen LogP contribution in [0.25, 0.3) is 5.69 Å². The molecule has 1 fully saturated rings. The van der Waals surface area contributed by atoms with E-state index in [1.165, 1.54) is 25.3 Å². The van der Waals surface area contributed by atoms with Crippen molar-refractivity contribution in [2.45, 2.75) is 45.7 Å². The summed E-state index contributed by atoms with van der Waals surface area (Å²) >= 11 is 0. The van der Waals surface area contributed by atoms with E-state index in [1.54, 1.807) is 6.07 Å². The van der Waals surface area contributed by atoms with Gasteiger partial charge in [-0.3, -0.25) is 4.57 Å². The molecule has 0 unspecified atom stereocenters. The number of nitrogens with zero attached hydrogens (tertiary/aromatic N) is 3. The molecule has 1 aliphatic rings. The molecule has 112 valence electrons. The van der Waals surface area contributed by atoms with Gasteiger partial charge in [0.1, 0.15) is 5.82 Å². The van der Waals surface area contributed by atoms with Gasteiger partial charge in [-0.1, -0.05) is 6.07 Å². The van der Waals surface area contributed by atoms with Crippen LogP contribution < -0.4 is 0 Å². The first kappa shape index (κ1) is 14.1. The first-order valence-corrected chi connectivity index (χ1v) is 6.90. The fourth-order valence-corrected chi connectivity index (χ4v) is 2.74. The van der Waals surface area contributed by atoms with Crippen molar-refractivity contribution in [2.75, 3.05) is 0 Å². The predicted molar refractivity (Wildman–Crippen MR) is 72.5 cm³/mol. The molecular weight excluding hydrogens is 279 g/mol. The quantitative estimate of drug-likeness (QED) is 0.835. The Morgan fingerprint density at radius 2 is 1.71 bits per heavy atom. The maximum atomic E-state index is 13.1. The van der Waals surface area contributed by atoms with Crippen molar-refractivity contribution in [3.8, 4) is 5.69 Å². The predicted octanol–water partition coefficient (Wildman–Crippen LogP) is 4.09. The smallest absolute Gasteiger partial charge is 0.275 e. The molecule has 0 spiro atoms. The van der Waals surface area contributed by atoms with Gasteiger partial charge in [0.05, 0.1) is 5.69 Å². The van der Waals surface area contributed by atoms with E-state index < -0.39 is 12.0 Å². The second-order valence-electron chi connectivity index (χ2n) is 5.60. The number of benzene rings is 1. The van der Waals surface area contributed by atoms with E-state index in [-0.39, 0.29) is 5.82 Å². The van der Waals surface area contributed by atoms with Crippen LogP contribution in [0.15, 0.2) is 12.1 Å². The topological polar surface area (TPSA) is 30.7 Å². The maximum Gasteiger partial charge on any atom is 0.452 e. The molecule has 21 heavy (non-hydrogen) atoms. The van der Waals surface area contributed by atoms with Crippen molar-refractivity contribution in [1.82, 2.24) is 14.8 Å². The van der Waals surface area contributed by atoms with Crippen molar-refractivity contribution in [1.29, 1.82) is 0 Å². The monoisotopic (exact) mass is 295 g/mol. The van der Waals surface area contributed by atoms with Crippen molar-refractivity contribution in [3.05, 3.63) is 40.5 Å². The van der Waals surface area contributed by atoms with Gasteiger partial charge >= 0.3 is 6.18 Å². The van der Waals surface area contributed by atoms with Crippen LogP contribution in [0.1, 0.15) is 47.1 Å². The molecular formula is C15H16F3N3. The third kappa shape index (κ3) is 2.32. The van der Waals surface area contributed by atoms with Crippen molar-refractivity contribution in [3.63, 3.8) is 0 Å². The largest absolute Gasteiger partial charge is 0.452 e. The summed E-state index contributed by atoms with van der Waals surface area (Å²) in [6, 6.07) is 3.69. The zero-order valence-corrected chi connectivity index (χ0v) is 12.1. The molecule has 0 N–H and O–H groups in total. The van der Waals surface area contributed by atoms with Crippen LogP contribution in [0.3, 0.4) is 0 Å². The van der Waals surface area contributed by atoms with E-state index in [1.807, 2.05) is 19.9 Å². The van der Waals surface area contributed by atoms with Crippen molar-refractivity contribution in [2.24, 2.45) is 0 Å². The third-order valence-electron chi connectivity index (χ3n) is 4.14. The van der Waals surface area contributed by atoms with Crippen LogP contribution in [0.4, 0.5) is 13.2 Å². The Morgan fingerprint density at radius 3 is 2.29 bits per heavy atom. The molecule has 0 amide bonds. The first-order chi connectivity index (χ1) is 9.80. The highest BCUT2D eigenvalue weighted by atomic mass is 19.4. The van der Waals surface area contributed by atoms with Crippen LogP contribution in [-0.2, 0) is 6.18 Å². The molecule has 0 atom stereocenters. The molecule has 1 heterocycles. The second kappa shape index (κ2) is 4.58. The highest BCUT2D eigenvalue weighted by molar-refractivity contribution is 5.51. The number of alkyl halides is 3. The van der Waals surface area contributed by atoms with Gasteiger partial charge in [0.25, 0.3) is 0 Å². The van der Waals surface area contributed by atoms with E-state index >= 15 is 0 Å². The molecule has 1 saturated carbocycles. The molecule has 1 aromatic heterocycles. The molecule has 2 aromatic rings.